The van der Waals surface area contributed by atoms with Gasteiger partial charge in [0.1, 0.15) is 11.7 Å². The SMILES string of the molecule is Cc1nc(C(=O)N[C@@H](CC(C)C)C(=O)NN(CCC(N)=O)C(=O)[C@H](F)Cl)cs1. The molecular formula is C16H23ClFN5O4S. The largest absolute Gasteiger partial charge is 0.370 e. The quantitative estimate of drug-likeness (QED) is 0.390. The lowest BCUT2D eigenvalue weighted by molar-refractivity contribution is -0.144. The van der Waals surface area contributed by atoms with Crippen LogP contribution in [0, 0.1) is 12.8 Å². The molecule has 0 unspecified atom stereocenters. The number of hydrogen-bond acceptors (Lipinski definition) is 6. The van der Waals surface area contributed by atoms with Crippen molar-refractivity contribution >= 4 is 46.6 Å². The summed E-state index contributed by atoms with van der Waals surface area (Å²) < 4.78 is 13.2. The van der Waals surface area contributed by atoms with Crippen LogP contribution in [0.5, 0.6) is 0 Å². The lowest BCUT2D eigenvalue weighted by Crippen LogP contribution is -2.56. The maximum Gasteiger partial charge on any atom is 0.291 e. The van der Waals surface area contributed by atoms with E-state index in [1.165, 1.54) is 11.3 Å². The second-order valence-electron chi connectivity index (χ2n) is 6.39. The van der Waals surface area contributed by atoms with Crippen molar-refractivity contribution in [2.45, 2.75) is 45.3 Å². The molecule has 0 saturated carbocycles. The highest BCUT2D eigenvalue weighted by Gasteiger charge is 2.29. The Morgan fingerprint density at radius 3 is 2.46 bits per heavy atom. The smallest absolute Gasteiger partial charge is 0.291 e. The maximum atomic E-state index is 13.2. The lowest BCUT2D eigenvalue weighted by atomic mass is 10.0. The van der Waals surface area contributed by atoms with Crippen LogP contribution in [0.1, 0.15) is 42.2 Å². The number of carbonyl (C=O) groups is 4. The van der Waals surface area contributed by atoms with E-state index in [0.717, 1.165) is 0 Å². The number of nitrogens with zero attached hydrogens (tertiary/aromatic N) is 2. The van der Waals surface area contributed by atoms with Gasteiger partial charge in [-0.15, -0.1) is 11.3 Å². The van der Waals surface area contributed by atoms with E-state index in [2.05, 4.69) is 15.7 Å². The van der Waals surface area contributed by atoms with Gasteiger partial charge in [0.2, 0.25) is 5.91 Å². The fourth-order valence-corrected chi connectivity index (χ4v) is 2.89. The van der Waals surface area contributed by atoms with E-state index in [-0.39, 0.29) is 31.0 Å². The standard InChI is InChI=1S/C16H23ClFN5O4S/c1-8(2)6-10(21-14(25)11-7-28-9(3)20-11)15(26)22-23(5-4-12(19)24)16(27)13(17)18/h7-8,10,13H,4-6H2,1-3H3,(H2,19,24)(H,21,25)(H,22,26)/t10-,13-/m0/s1. The molecule has 0 spiro atoms. The Kier molecular flexibility index (Phi) is 9.26. The van der Waals surface area contributed by atoms with Crippen molar-refractivity contribution in [3.05, 3.63) is 16.1 Å². The van der Waals surface area contributed by atoms with E-state index in [0.29, 0.717) is 10.0 Å². The average molecular weight is 436 g/mol. The third-order valence-electron chi connectivity index (χ3n) is 3.46. The summed E-state index contributed by atoms with van der Waals surface area (Å²) in [4.78, 5) is 51.8. The summed E-state index contributed by atoms with van der Waals surface area (Å²) in [5.74, 6) is -3.29. The molecule has 1 rings (SSSR count). The van der Waals surface area contributed by atoms with Gasteiger partial charge in [-0.05, 0) is 19.3 Å². The molecule has 1 aromatic rings. The van der Waals surface area contributed by atoms with E-state index in [1.54, 1.807) is 12.3 Å². The Hall–Kier alpha value is -2.27. The minimum Gasteiger partial charge on any atom is -0.370 e. The van der Waals surface area contributed by atoms with E-state index in [4.69, 9.17) is 17.3 Å². The van der Waals surface area contributed by atoms with Crippen LogP contribution in [-0.2, 0) is 14.4 Å². The van der Waals surface area contributed by atoms with Crippen LogP contribution in [0.25, 0.3) is 0 Å². The number of halogens is 2. The van der Waals surface area contributed by atoms with E-state index in [1.807, 2.05) is 13.8 Å². The van der Waals surface area contributed by atoms with Gasteiger partial charge in [0, 0.05) is 11.8 Å². The molecule has 0 radical (unpaired) electrons. The third kappa shape index (κ3) is 7.77. The maximum absolute atomic E-state index is 13.2. The van der Waals surface area contributed by atoms with Crippen LogP contribution < -0.4 is 16.5 Å². The van der Waals surface area contributed by atoms with Crippen molar-refractivity contribution in [1.82, 2.24) is 20.7 Å². The summed E-state index contributed by atoms with van der Waals surface area (Å²) in [7, 11) is 0. The van der Waals surface area contributed by atoms with Crippen molar-refractivity contribution in [2.24, 2.45) is 11.7 Å². The molecule has 0 aliphatic carbocycles. The van der Waals surface area contributed by atoms with Crippen molar-refractivity contribution in [3.63, 3.8) is 0 Å². The molecule has 0 saturated heterocycles. The number of carbonyl (C=O) groups excluding carboxylic acids is 4. The summed E-state index contributed by atoms with van der Waals surface area (Å²) in [6.45, 7) is 5.06. The summed E-state index contributed by atoms with van der Waals surface area (Å²) in [6.07, 6.45) is -0.0621. The molecule has 0 fully saturated rings. The van der Waals surface area contributed by atoms with E-state index in [9.17, 15) is 23.6 Å². The Morgan fingerprint density at radius 2 is 2.00 bits per heavy atom. The Labute approximate surface area is 170 Å². The molecule has 4 amide bonds. The monoisotopic (exact) mass is 435 g/mol. The van der Waals surface area contributed by atoms with Gasteiger partial charge >= 0.3 is 0 Å². The zero-order valence-corrected chi connectivity index (χ0v) is 17.3. The van der Waals surface area contributed by atoms with Crippen LogP contribution >= 0.6 is 22.9 Å². The van der Waals surface area contributed by atoms with Crippen molar-refractivity contribution < 1.29 is 23.6 Å². The molecule has 0 aliphatic heterocycles. The summed E-state index contributed by atoms with van der Waals surface area (Å²) in [5.41, 5.74) is 4.98. The zero-order chi connectivity index (χ0) is 21.4. The topological polar surface area (TPSA) is 134 Å². The van der Waals surface area contributed by atoms with Crippen LogP contribution in [0.2, 0.25) is 0 Å². The molecule has 28 heavy (non-hydrogen) atoms. The number of hydrogen-bond donors (Lipinski definition) is 3. The number of nitrogens with two attached hydrogens (primary N) is 1. The number of hydrazine groups is 1. The molecule has 0 aliphatic rings. The number of alkyl halides is 2. The number of thiazole rings is 1. The first kappa shape index (κ1) is 23.8. The lowest BCUT2D eigenvalue weighted by Gasteiger charge is -2.26. The fourth-order valence-electron chi connectivity index (χ4n) is 2.17. The molecule has 0 bridgehead atoms. The molecule has 156 valence electrons. The number of aryl methyl sites for hydroxylation is 1. The molecule has 12 heteroatoms. The first-order chi connectivity index (χ1) is 13.0. The first-order valence-corrected chi connectivity index (χ1v) is 9.74. The summed E-state index contributed by atoms with van der Waals surface area (Å²) in [5, 5.41) is 5.38. The van der Waals surface area contributed by atoms with Gasteiger partial charge < -0.3 is 11.1 Å². The van der Waals surface area contributed by atoms with Crippen LogP contribution in [0.4, 0.5) is 4.39 Å². The molecule has 1 aromatic heterocycles. The molecule has 0 aromatic carbocycles. The van der Waals surface area contributed by atoms with E-state index >= 15 is 0 Å². The van der Waals surface area contributed by atoms with Gasteiger partial charge in [-0.25, -0.2) is 14.4 Å². The molecule has 1 heterocycles. The van der Waals surface area contributed by atoms with Crippen molar-refractivity contribution in [1.29, 1.82) is 0 Å². The van der Waals surface area contributed by atoms with Crippen molar-refractivity contribution in [2.75, 3.05) is 6.54 Å². The number of nitrogens with one attached hydrogen (secondary N) is 2. The Bertz CT molecular complexity index is 728. The summed E-state index contributed by atoms with van der Waals surface area (Å²) >= 11 is 6.43. The molecule has 4 N–H and O–H groups in total. The molecule has 9 nitrogen and oxygen atoms in total. The third-order valence-corrected chi connectivity index (χ3v) is 4.42. The Morgan fingerprint density at radius 1 is 1.36 bits per heavy atom. The van der Waals surface area contributed by atoms with Gasteiger partial charge in [0.25, 0.3) is 23.4 Å². The summed E-state index contributed by atoms with van der Waals surface area (Å²) in [6, 6.07) is -1.02. The molecular weight excluding hydrogens is 413 g/mol. The van der Waals surface area contributed by atoms with Crippen LogP contribution in [0.3, 0.4) is 0 Å². The van der Waals surface area contributed by atoms with Gasteiger partial charge in [-0.1, -0.05) is 25.4 Å². The van der Waals surface area contributed by atoms with Crippen LogP contribution in [0.15, 0.2) is 5.38 Å². The number of primary amides is 1. The second-order valence-corrected chi connectivity index (χ2v) is 7.84. The van der Waals surface area contributed by atoms with Gasteiger partial charge in [0.15, 0.2) is 0 Å². The Balaban J connectivity index is 2.91. The normalized spacial score (nSPS) is 12.9. The average Bonchev–Trinajstić information content (AvgIpc) is 3.03. The molecule has 2 atom stereocenters. The minimum absolute atomic E-state index is 0.0185. The highest BCUT2D eigenvalue weighted by molar-refractivity contribution is 7.09. The van der Waals surface area contributed by atoms with Gasteiger partial charge in [0.05, 0.1) is 11.6 Å². The van der Waals surface area contributed by atoms with E-state index < -0.39 is 35.3 Å². The highest BCUT2D eigenvalue weighted by Crippen LogP contribution is 2.11. The first-order valence-electron chi connectivity index (χ1n) is 8.42. The number of rotatable bonds is 9. The fraction of sp³-hybridized carbons (Fsp3) is 0.562. The van der Waals surface area contributed by atoms with Gasteiger partial charge in [-0.2, -0.15) is 0 Å². The van der Waals surface area contributed by atoms with Gasteiger partial charge in [-0.3, -0.25) is 24.6 Å². The van der Waals surface area contributed by atoms with Crippen molar-refractivity contribution in [3.8, 4) is 0 Å². The number of amides is 4. The second kappa shape index (κ2) is 10.9. The highest BCUT2D eigenvalue weighted by atomic mass is 35.5. The van der Waals surface area contributed by atoms with Crippen LogP contribution in [-0.4, -0.2) is 51.8 Å². The predicted octanol–water partition coefficient (Wildman–Crippen LogP) is 0.866. The minimum atomic E-state index is -2.41. The predicted molar refractivity (Wildman–Crippen MR) is 102 cm³/mol. The number of aromatic nitrogens is 1. The zero-order valence-electron chi connectivity index (χ0n) is 15.7.